The summed E-state index contributed by atoms with van der Waals surface area (Å²) in [6, 6.07) is 7.65. The molecule has 0 spiro atoms. The fourth-order valence-corrected chi connectivity index (χ4v) is 2.68. The van der Waals surface area contributed by atoms with Gasteiger partial charge in [-0.1, -0.05) is 26.0 Å². The molecule has 0 saturated carbocycles. The van der Waals surface area contributed by atoms with E-state index in [0.717, 1.165) is 17.9 Å². The van der Waals surface area contributed by atoms with Crippen LogP contribution < -0.4 is 10.5 Å². The van der Waals surface area contributed by atoms with E-state index in [-0.39, 0.29) is 18.0 Å². The summed E-state index contributed by atoms with van der Waals surface area (Å²) in [6.07, 6.45) is 0.425. The van der Waals surface area contributed by atoms with Crippen LogP contribution in [-0.2, 0) is 4.79 Å². The van der Waals surface area contributed by atoms with Gasteiger partial charge in [-0.25, -0.2) is 0 Å². The lowest BCUT2D eigenvalue weighted by Crippen LogP contribution is -2.35. The summed E-state index contributed by atoms with van der Waals surface area (Å²) >= 11 is 0. The molecule has 1 amide bonds. The Morgan fingerprint density at radius 1 is 1.47 bits per heavy atom. The number of benzene rings is 1. The molecule has 1 aromatic carbocycles. The van der Waals surface area contributed by atoms with Gasteiger partial charge < -0.3 is 15.4 Å². The summed E-state index contributed by atoms with van der Waals surface area (Å²) in [6.45, 7) is 4.97. The summed E-state index contributed by atoms with van der Waals surface area (Å²) < 4.78 is 5.25. The van der Waals surface area contributed by atoms with Crippen LogP contribution in [0.4, 0.5) is 0 Å². The Morgan fingerprint density at radius 2 is 2.21 bits per heavy atom. The molecule has 0 aliphatic carbocycles. The van der Waals surface area contributed by atoms with Crippen molar-refractivity contribution in [3.8, 4) is 5.75 Å². The van der Waals surface area contributed by atoms with Crippen LogP contribution in [0.1, 0.15) is 31.9 Å². The third-order valence-electron chi connectivity index (χ3n) is 3.47. The van der Waals surface area contributed by atoms with Gasteiger partial charge in [-0.3, -0.25) is 4.79 Å². The molecule has 1 heterocycles. The van der Waals surface area contributed by atoms with Crippen molar-refractivity contribution in [1.29, 1.82) is 0 Å². The van der Waals surface area contributed by atoms with Crippen LogP contribution in [0.15, 0.2) is 24.3 Å². The molecule has 2 rings (SSSR count). The second-order valence-corrected chi connectivity index (χ2v) is 5.53. The number of methoxy groups -OCH3 is 1. The number of amides is 1. The number of nitrogens with zero attached hydrogens (tertiary/aromatic N) is 1. The van der Waals surface area contributed by atoms with Crippen LogP contribution in [0.25, 0.3) is 0 Å². The van der Waals surface area contributed by atoms with E-state index in [4.69, 9.17) is 10.5 Å². The first-order valence-electron chi connectivity index (χ1n) is 6.72. The average molecular weight is 262 g/mol. The van der Waals surface area contributed by atoms with Gasteiger partial charge in [-0.15, -0.1) is 0 Å². The number of carbonyl (C=O) groups is 1. The topological polar surface area (TPSA) is 55.6 Å². The molecule has 0 radical (unpaired) electrons. The summed E-state index contributed by atoms with van der Waals surface area (Å²) in [7, 11) is 1.64. The highest BCUT2D eigenvalue weighted by Gasteiger charge is 2.38. The number of likely N-dealkylation sites (tertiary alicyclic amines) is 1. The number of nitrogens with two attached hydrogens (primary N) is 1. The average Bonchev–Trinajstić information content (AvgIpc) is 2.63. The van der Waals surface area contributed by atoms with Crippen LogP contribution in [0.5, 0.6) is 5.75 Å². The van der Waals surface area contributed by atoms with Crippen LogP contribution in [-0.4, -0.2) is 30.5 Å². The van der Waals surface area contributed by atoms with Gasteiger partial charge >= 0.3 is 0 Å². The first kappa shape index (κ1) is 13.9. The molecule has 4 heteroatoms. The van der Waals surface area contributed by atoms with E-state index in [9.17, 15) is 4.79 Å². The van der Waals surface area contributed by atoms with Crippen molar-refractivity contribution in [3.05, 3.63) is 29.8 Å². The summed E-state index contributed by atoms with van der Waals surface area (Å²) in [5, 5.41) is 0. The van der Waals surface area contributed by atoms with E-state index >= 15 is 0 Å². The molecule has 1 fully saturated rings. The predicted octanol–water partition coefficient (Wildman–Crippen LogP) is 1.95. The maximum atomic E-state index is 12.1. The Kier molecular flexibility index (Phi) is 4.10. The Labute approximate surface area is 114 Å². The van der Waals surface area contributed by atoms with Crippen molar-refractivity contribution >= 4 is 5.91 Å². The molecule has 0 bridgehead atoms. The Balaban J connectivity index is 2.30. The minimum absolute atomic E-state index is 0.0370. The third kappa shape index (κ3) is 2.89. The normalized spacial score (nSPS) is 23.2. The van der Waals surface area contributed by atoms with Gasteiger partial charge in [0.2, 0.25) is 5.91 Å². The van der Waals surface area contributed by atoms with E-state index in [0.29, 0.717) is 12.3 Å². The molecule has 2 atom stereocenters. The van der Waals surface area contributed by atoms with Gasteiger partial charge in [0, 0.05) is 19.0 Å². The quantitative estimate of drug-likeness (QED) is 0.902. The SMILES string of the molecule is COc1cccc(C2C(N)CC(=O)N2CC(C)C)c1. The van der Waals surface area contributed by atoms with Gasteiger partial charge in [-0.2, -0.15) is 0 Å². The standard InChI is InChI=1S/C15H22N2O2/c1-10(2)9-17-14(18)8-13(16)15(17)11-5-4-6-12(7-11)19-3/h4-7,10,13,15H,8-9,16H2,1-3H3. The summed E-state index contributed by atoms with van der Waals surface area (Å²) in [4.78, 5) is 14.0. The summed E-state index contributed by atoms with van der Waals surface area (Å²) in [5.41, 5.74) is 7.21. The molecule has 104 valence electrons. The lowest BCUT2D eigenvalue weighted by atomic mass is 10.00. The highest BCUT2D eigenvalue weighted by molar-refractivity contribution is 5.80. The molecule has 4 nitrogen and oxygen atoms in total. The number of hydrogen-bond acceptors (Lipinski definition) is 3. The maximum absolute atomic E-state index is 12.1. The van der Waals surface area contributed by atoms with Crippen LogP contribution >= 0.6 is 0 Å². The van der Waals surface area contributed by atoms with Gasteiger partial charge in [0.25, 0.3) is 0 Å². The van der Waals surface area contributed by atoms with Crippen molar-refractivity contribution < 1.29 is 9.53 Å². The molecule has 1 aliphatic heterocycles. The number of ether oxygens (including phenoxy) is 1. The molecule has 2 unspecified atom stereocenters. The van der Waals surface area contributed by atoms with Crippen LogP contribution in [0, 0.1) is 5.92 Å². The van der Waals surface area contributed by atoms with E-state index < -0.39 is 0 Å². The molecule has 1 aliphatic rings. The first-order chi connectivity index (χ1) is 9.02. The molecule has 1 saturated heterocycles. The second kappa shape index (κ2) is 5.61. The maximum Gasteiger partial charge on any atom is 0.224 e. The predicted molar refractivity (Wildman–Crippen MR) is 74.9 cm³/mol. The zero-order chi connectivity index (χ0) is 14.0. The fourth-order valence-electron chi connectivity index (χ4n) is 2.68. The largest absolute Gasteiger partial charge is 0.497 e. The van der Waals surface area contributed by atoms with Gasteiger partial charge in [0.1, 0.15) is 5.75 Å². The number of hydrogen-bond donors (Lipinski definition) is 1. The van der Waals surface area contributed by atoms with Crippen molar-refractivity contribution in [2.45, 2.75) is 32.4 Å². The molecular weight excluding hydrogens is 240 g/mol. The minimum Gasteiger partial charge on any atom is -0.497 e. The van der Waals surface area contributed by atoms with E-state index in [1.807, 2.05) is 29.2 Å². The zero-order valence-corrected chi connectivity index (χ0v) is 11.8. The third-order valence-corrected chi connectivity index (χ3v) is 3.47. The van der Waals surface area contributed by atoms with Crippen molar-refractivity contribution in [3.63, 3.8) is 0 Å². The van der Waals surface area contributed by atoms with Crippen molar-refractivity contribution in [2.75, 3.05) is 13.7 Å². The van der Waals surface area contributed by atoms with Crippen LogP contribution in [0.3, 0.4) is 0 Å². The Bertz CT molecular complexity index is 459. The Hall–Kier alpha value is -1.55. The monoisotopic (exact) mass is 262 g/mol. The molecule has 19 heavy (non-hydrogen) atoms. The highest BCUT2D eigenvalue weighted by atomic mass is 16.5. The number of rotatable bonds is 4. The number of carbonyl (C=O) groups excluding carboxylic acids is 1. The van der Waals surface area contributed by atoms with E-state index in [2.05, 4.69) is 13.8 Å². The highest BCUT2D eigenvalue weighted by Crippen LogP contribution is 2.34. The second-order valence-electron chi connectivity index (χ2n) is 5.53. The van der Waals surface area contributed by atoms with Gasteiger partial charge in [-0.05, 0) is 23.6 Å². The Morgan fingerprint density at radius 3 is 2.84 bits per heavy atom. The molecular formula is C15H22N2O2. The first-order valence-corrected chi connectivity index (χ1v) is 6.72. The summed E-state index contributed by atoms with van der Waals surface area (Å²) in [5.74, 6) is 1.38. The van der Waals surface area contributed by atoms with E-state index in [1.165, 1.54) is 0 Å². The minimum atomic E-state index is -0.140. The lowest BCUT2D eigenvalue weighted by Gasteiger charge is -2.29. The van der Waals surface area contributed by atoms with Gasteiger partial charge in [0.15, 0.2) is 0 Å². The van der Waals surface area contributed by atoms with Crippen molar-refractivity contribution in [2.24, 2.45) is 11.7 Å². The fraction of sp³-hybridized carbons (Fsp3) is 0.533. The zero-order valence-electron chi connectivity index (χ0n) is 11.8. The molecule has 2 N–H and O–H groups in total. The van der Waals surface area contributed by atoms with Gasteiger partial charge in [0.05, 0.1) is 13.2 Å². The van der Waals surface area contributed by atoms with Crippen LogP contribution in [0.2, 0.25) is 0 Å². The lowest BCUT2D eigenvalue weighted by molar-refractivity contribution is -0.129. The van der Waals surface area contributed by atoms with E-state index in [1.54, 1.807) is 7.11 Å². The molecule has 1 aromatic rings. The smallest absolute Gasteiger partial charge is 0.224 e. The molecule has 0 aromatic heterocycles. The van der Waals surface area contributed by atoms with Crippen molar-refractivity contribution in [1.82, 2.24) is 4.90 Å².